The number of carbonyl (C=O) groups is 1. The predicted octanol–water partition coefficient (Wildman–Crippen LogP) is 0.0895. The highest BCUT2D eigenvalue weighted by atomic mass is 16.4. The van der Waals surface area contributed by atoms with E-state index >= 15 is 0 Å². The van der Waals surface area contributed by atoms with Crippen molar-refractivity contribution in [3.05, 3.63) is 0 Å². The molecular weight excluding hydrogens is 108 g/mol. The van der Waals surface area contributed by atoms with Gasteiger partial charge in [-0.15, -0.1) is 0 Å². The molecule has 48 valence electrons. The second-order valence-corrected chi connectivity index (χ2v) is 2.33. The minimum Gasteiger partial charge on any atom is -0.481 e. The molecule has 0 radical (unpaired) electrons. The summed E-state index contributed by atoms with van der Waals surface area (Å²) in [7, 11) is 0. The predicted molar refractivity (Wildman–Crippen MR) is 28.5 cm³/mol. The molecule has 0 spiro atoms. The van der Waals surface area contributed by atoms with Gasteiger partial charge >= 0.3 is 5.97 Å². The van der Waals surface area contributed by atoms with Crippen LogP contribution in [0.5, 0.6) is 0 Å². The molecule has 0 heterocycles. The van der Waals surface area contributed by atoms with Crippen molar-refractivity contribution in [3.8, 4) is 0 Å². The minimum atomic E-state index is -0.943. The summed E-state index contributed by atoms with van der Waals surface area (Å²) in [5.41, 5.74) is -0.943. The fraction of sp³-hybridized carbons (Fsp3) is 0.800. The summed E-state index contributed by atoms with van der Waals surface area (Å²) >= 11 is 0. The van der Waals surface area contributed by atoms with Gasteiger partial charge in [0.25, 0.3) is 1.43 Å². The van der Waals surface area contributed by atoms with E-state index in [1.54, 1.807) is 0 Å². The molecular formula is C5H10O3. The molecule has 0 aliphatic rings. The van der Waals surface area contributed by atoms with Crippen molar-refractivity contribution in [1.29, 1.82) is 1.43 Å². The lowest BCUT2D eigenvalue weighted by Gasteiger charge is -2.13. The number of hydrogen-bond donors (Lipinski definition) is 2. The number of hydrogen-bond acceptors (Lipinski definition) is 3. The lowest BCUT2D eigenvalue weighted by atomic mass is 9.96. The summed E-state index contributed by atoms with van der Waals surface area (Å²) in [6.45, 7) is 2.71. The maximum absolute atomic E-state index is 10.5. The summed E-state index contributed by atoms with van der Waals surface area (Å²) in [6.07, 6.45) is 0. The van der Waals surface area contributed by atoms with Crippen LogP contribution in [0.3, 0.4) is 0 Å². The third-order valence-electron chi connectivity index (χ3n) is 0.948. The normalized spacial score (nSPS) is 12.6. The Kier molecular flexibility index (Phi) is 1.48. The van der Waals surface area contributed by atoms with Gasteiger partial charge in [-0.2, -0.15) is 0 Å². The van der Waals surface area contributed by atoms with E-state index in [-0.39, 0.29) is 6.61 Å². The van der Waals surface area contributed by atoms with E-state index < -0.39 is 11.4 Å². The van der Waals surface area contributed by atoms with Gasteiger partial charge in [0.05, 0.1) is 12.0 Å². The first kappa shape index (κ1) is 5.56. The number of aliphatic hydroxyl groups is 1. The quantitative estimate of drug-likeness (QED) is 0.541. The van der Waals surface area contributed by atoms with E-state index in [4.69, 9.17) is 6.54 Å². The molecule has 2 N–H and O–H groups in total. The Balaban J connectivity index is 3.97. The molecule has 0 rings (SSSR count). The van der Waals surface area contributed by atoms with Crippen LogP contribution in [0.15, 0.2) is 0 Å². The molecule has 0 aromatic rings. The van der Waals surface area contributed by atoms with Gasteiger partial charge in [-0.3, -0.25) is 4.79 Å². The molecule has 0 saturated heterocycles. The summed E-state index contributed by atoms with van der Waals surface area (Å²) in [5.74, 6) is -0.718. The molecule has 0 aromatic carbocycles. The van der Waals surface area contributed by atoms with Gasteiger partial charge in [0, 0.05) is 0 Å². The first-order valence-electron chi connectivity index (χ1n) is 2.74. The van der Waals surface area contributed by atoms with E-state index in [1.165, 1.54) is 13.8 Å². The molecule has 0 amide bonds. The van der Waals surface area contributed by atoms with Crippen molar-refractivity contribution >= 4 is 5.97 Å². The highest BCUT2D eigenvalue weighted by Crippen LogP contribution is 2.12. The number of rotatable bonds is 2. The maximum atomic E-state index is 10.5. The van der Waals surface area contributed by atoms with E-state index in [1.807, 2.05) is 0 Å². The summed E-state index contributed by atoms with van der Waals surface area (Å²) in [4.78, 5) is 10.5. The molecule has 0 unspecified atom stereocenters. The van der Waals surface area contributed by atoms with Gasteiger partial charge in [0.15, 0.2) is 0 Å². The Bertz CT molecular complexity index is 111. The monoisotopic (exact) mass is 119 g/mol. The smallest absolute Gasteiger partial charge is 0.311 e. The van der Waals surface area contributed by atoms with Crippen LogP contribution in [0.2, 0.25) is 0 Å². The van der Waals surface area contributed by atoms with Gasteiger partial charge < -0.3 is 10.2 Å². The molecule has 0 saturated carbocycles. The van der Waals surface area contributed by atoms with E-state index in [9.17, 15) is 4.79 Å². The van der Waals surface area contributed by atoms with Crippen LogP contribution in [0.4, 0.5) is 0 Å². The van der Waals surface area contributed by atoms with Crippen molar-refractivity contribution in [2.24, 2.45) is 5.41 Å². The second kappa shape index (κ2) is 2.13. The Morgan fingerprint density at radius 2 is 2.38 bits per heavy atom. The largest absolute Gasteiger partial charge is 0.481 e. The topological polar surface area (TPSA) is 57.5 Å². The number of carboxylic acid groups (broad SMARTS) is 1. The Morgan fingerprint density at radius 3 is 2.50 bits per heavy atom. The molecule has 0 atom stereocenters. The Morgan fingerprint density at radius 1 is 1.88 bits per heavy atom. The Labute approximate surface area is 49.4 Å². The van der Waals surface area contributed by atoms with E-state index in [0.29, 0.717) is 0 Å². The second-order valence-electron chi connectivity index (χ2n) is 2.33. The Hall–Kier alpha value is -0.570. The number of aliphatic carboxylic acids is 1. The first-order valence-corrected chi connectivity index (χ1v) is 2.33. The standard InChI is InChI=1S/C5H10O3/c1-5(2,3-6)4(7)8/h6H,3H2,1-2H3,(H,7,8)/i/hD. The van der Waals surface area contributed by atoms with Crippen LogP contribution in [-0.2, 0) is 4.79 Å². The van der Waals surface area contributed by atoms with Gasteiger partial charge in [-0.1, -0.05) is 0 Å². The van der Waals surface area contributed by atoms with Crippen LogP contribution in [0.1, 0.15) is 13.8 Å². The van der Waals surface area contributed by atoms with Crippen LogP contribution in [0.25, 0.3) is 1.43 Å². The molecule has 3 heteroatoms. The van der Waals surface area contributed by atoms with Gasteiger partial charge in [-0.25, -0.2) is 0 Å². The van der Waals surface area contributed by atoms with E-state index in [2.05, 4.69) is 5.11 Å². The molecule has 0 bridgehead atoms. The summed E-state index contributed by atoms with van der Waals surface area (Å²) in [5, 5.41) is 12.2. The zero-order chi connectivity index (χ0) is 7.49. The van der Waals surface area contributed by atoms with Crippen molar-refractivity contribution < 1.29 is 15.0 Å². The SMILES string of the molecule is [2H]OC(=O)C(C)(C)CO. The summed E-state index contributed by atoms with van der Waals surface area (Å²) < 4.78 is 6.21. The molecule has 0 fully saturated rings. The van der Waals surface area contributed by atoms with Crippen molar-refractivity contribution in [2.45, 2.75) is 13.8 Å². The first-order chi connectivity index (χ1) is 4.04. The highest BCUT2D eigenvalue weighted by Gasteiger charge is 2.25. The van der Waals surface area contributed by atoms with Crippen LogP contribution in [0, 0.1) is 5.41 Å². The average Bonchev–Trinajstić information content (AvgIpc) is 1.86. The minimum absolute atomic E-state index is 0.301. The highest BCUT2D eigenvalue weighted by molar-refractivity contribution is 5.73. The zero-order valence-electron chi connectivity index (χ0n) is 5.97. The summed E-state index contributed by atoms with van der Waals surface area (Å²) in [6, 6.07) is 0. The van der Waals surface area contributed by atoms with Gasteiger partial charge in [0.1, 0.15) is 0 Å². The molecule has 0 aliphatic heterocycles. The van der Waals surface area contributed by atoms with Gasteiger partial charge in [0.2, 0.25) is 0 Å². The fourth-order valence-corrected chi connectivity index (χ4v) is 0.0645. The van der Waals surface area contributed by atoms with Gasteiger partial charge in [-0.05, 0) is 13.8 Å². The maximum Gasteiger partial charge on any atom is 0.311 e. The molecule has 8 heavy (non-hydrogen) atoms. The molecule has 0 aromatic heterocycles. The zero-order valence-corrected chi connectivity index (χ0v) is 4.97. The van der Waals surface area contributed by atoms with Crippen molar-refractivity contribution in [2.75, 3.05) is 6.61 Å². The third-order valence-corrected chi connectivity index (χ3v) is 0.948. The number of carboxylic acids is 1. The van der Waals surface area contributed by atoms with Crippen molar-refractivity contribution in [1.82, 2.24) is 0 Å². The average molecular weight is 119 g/mol. The molecule has 3 nitrogen and oxygen atoms in total. The lowest BCUT2D eigenvalue weighted by Crippen LogP contribution is -2.27. The van der Waals surface area contributed by atoms with Crippen molar-refractivity contribution in [3.63, 3.8) is 0 Å². The van der Waals surface area contributed by atoms with Crippen LogP contribution in [-0.4, -0.2) is 22.8 Å². The lowest BCUT2D eigenvalue weighted by molar-refractivity contribution is -0.148. The number of aliphatic hydroxyl groups excluding tert-OH is 1. The van der Waals surface area contributed by atoms with Crippen LogP contribution >= 0.6 is 0 Å². The fourth-order valence-electron chi connectivity index (χ4n) is 0.0645. The van der Waals surface area contributed by atoms with Crippen LogP contribution < -0.4 is 0 Å². The third kappa shape index (κ3) is 1.50. The van der Waals surface area contributed by atoms with E-state index in [0.717, 1.165) is 0 Å². The molecule has 0 aliphatic carbocycles.